The third-order valence-corrected chi connectivity index (χ3v) is 3.93. The molecule has 0 N–H and O–H groups in total. The Morgan fingerprint density at radius 3 is 2.90 bits per heavy atom. The Hall–Kier alpha value is -2.09. The number of carbonyl (C=O) groups excluding carboxylic acids is 1. The van der Waals surface area contributed by atoms with Gasteiger partial charge in [-0.2, -0.15) is 0 Å². The van der Waals surface area contributed by atoms with Crippen LogP contribution in [0.4, 0.5) is 0 Å². The van der Waals surface area contributed by atoms with Crippen molar-refractivity contribution in [2.24, 2.45) is 0 Å². The lowest BCUT2D eigenvalue weighted by Crippen LogP contribution is -2.20. The van der Waals surface area contributed by atoms with Crippen molar-refractivity contribution in [1.29, 1.82) is 0 Å². The molecule has 20 heavy (non-hydrogen) atoms. The molecule has 1 aliphatic heterocycles. The Labute approximate surface area is 119 Å². The molecule has 0 unspecified atom stereocenters. The zero-order chi connectivity index (χ0) is 13.9. The van der Waals surface area contributed by atoms with Gasteiger partial charge in [0.2, 0.25) is 0 Å². The number of fused-ring (bicyclic) bond motifs is 1. The summed E-state index contributed by atoms with van der Waals surface area (Å²) in [4.78, 5) is 11.3. The second-order valence-electron chi connectivity index (χ2n) is 5.32. The number of aryl methyl sites for hydroxylation is 2. The van der Waals surface area contributed by atoms with E-state index in [0.29, 0.717) is 0 Å². The monoisotopic (exact) mass is 266 g/mol. The van der Waals surface area contributed by atoms with Crippen molar-refractivity contribution in [2.75, 3.05) is 0 Å². The second kappa shape index (κ2) is 5.49. The van der Waals surface area contributed by atoms with E-state index in [1.807, 2.05) is 6.08 Å². The molecule has 2 aromatic carbocycles. The molecule has 1 atom stereocenters. The number of hydrogen-bond acceptors (Lipinski definition) is 2. The predicted molar refractivity (Wildman–Crippen MR) is 80.6 cm³/mol. The number of cyclic esters (lactones) is 1. The minimum atomic E-state index is -0.212. The average molecular weight is 266 g/mol. The SMILES string of the molecule is Cc1ccc2ccccc2c1CC[C@@H]1CC=CC(=O)O1. The molecule has 2 aromatic rings. The van der Waals surface area contributed by atoms with Gasteiger partial charge in [0.1, 0.15) is 6.10 Å². The third kappa shape index (κ3) is 2.60. The fraction of sp³-hybridized carbons (Fsp3) is 0.278. The van der Waals surface area contributed by atoms with Crippen LogP contribution in [0.15, 0.2) is 48.6 Å². The highest BCUT2D eigenvalue weighted by molar-refractivity contribution is 5.86. The number of ether oxygens (including phenoxy) is 1. The van der Waals surface area contributed by atoms with Crippen molar-refractivity contribution in [2.45, 2.75) is 32.3 Å². The van der Waals surface area contributed by atoms with Crippen LogP contribution >= 0.6 is 0 Å². The van der Waals surface area contributed by atoms with Crippen LogP contribution < -0.4 is 0 Å². The van der Waals surface area contributed by atoms with E-state index in [1.54, 1.807) is 0 Å². The summed E-state index contributed by atoms with van der Waals surface area (Å²) in [5.41, 5.74) is 2.68. The van der Waals surface area contributed by atoms with E-state index in [0.717, 1.165) is 19.3 Å². The average Bonchev–Trinajstić information content (AvgIpc) is 2.46. The van der Waals surface area contributed by atoms with Gasteiger partial charge in [-0.05, 0) is 41.7 Å². The van der Waals surface area contributed by atoms with E-state index in [9.17, 15) is 4.79 Å². The maximum absolute atomic E-state index is 11.3. The lowest BCUT2D eigenvalue weighted by atomic mass is 9.94. The number of carbonyl (C=O) groups is 1. The van der Waals surface area contributed by atoms with Gasteiger partial charge in [-0.3, -0.25) is 0 Å². The van der Waals surface area contributed by atoms with Gasteiger partial charge < -0.3 is 4.74 Å². The Bertz CT molecular complexity index is 670. The molecule has 0 radical (unpaired) electrons. The summed E-state index contributed by atoms with van der Waals surface area (Å²) in [7, 11) is 0. The van der Waals surface area contributed by atoms with Crippen LogP contribution in [0.25, 0.3) is 10.8 Å². The van der Waals surface area contributed by atoms with Crippen LogP contribution in [0.5, 0.6) is 0 Å². The minimum absolute atomic E-state index is 0.0193. The van der Waals surface area contributed by atoms with Crippen LogP contribution in [0.2, 0.25) is 0 Å². The maximum Gasteiger partial charge on any atom is 0.330 e. The summed E-state index contributed by atoms with van der Waals surface area (Å²) in [6.45, 7) is 2.15. The molecule has 0 aromatic heterocycles. The molecular weight excluding hydrogens is 248 g/mol. The Morgan fingerprint density at radius 1 is 1.20 bits per heavy atom. The first-order chi connectivity index (χ1) is 9.74. The van der Waals surface area contributed by atoms with Crippen molar-refractivity contribution in [3.8, 4) is 0 Å². The van der Waals surface area contributed by atoms with Crippen molar-refractivity contribution in [1.82, 2.24) is 0 Å². The molecule has 0 spiro atoms. The molecule has 0 bridgehead atoms. The standard InChI is InChI=1S/C18H18O2/c1-13-9-10-14-5-2-3-7-17(14)16(13)12-11-15-6-4-8-18(19)20-15/h2-5,7-10,15H,6,11-12H2,1H3/t15-/m0/s1. The van der Waals surface area contributed by atoms with Crippen LogP contribution in [0.1, 0.15) is 24.0 Å². The van der Waals surface area contributed by atoms with Gasteiger partial charge in [0.05, 0.1) is 0 Å². The molecule has 1 heterocycles. The first kappa shape index (κ1) is 12.9. The van der Waals surface area contributed by atoms with E-state index < -0.39 is 0 Å². The van der Waals surface area contributed by atoms with Gasteiger partial charge in [-0.15, -0.1) is 0 Å². The molecule has 0 fully saturated rings. The molecule has 3 rings (SSSR count). The predicted octanol–water partition coefficient (Wildman–Crippen LogP) is 3.95. The summed E-state index contributed by atoms with van der Waals surface area (Å²) in [5.74, 6) is -0.212. The molecule has 2 nitrogen and oxygen atoms in total. The smallest absolute Gasteiger partial charge is 0.330 e. The lowest BCUT2D eigenvalue weighted by molar-refractivity contribution is -0.144. The Balaban J connectivity index is 1.82. The summed E-state index contributed by atoms with van der Waals surface area (Å²) in [5, 5.41) is 2.58. The van der Waals surface area contributed by atoms with Gasteiger partial charge in [0.15, 0.2) is 0 Å². The van der Waals surface area contributed by atoms with E-state index in [1.165, 1.54) is 28.0 Å². The topological polar surface area (TPSA) is 26.3 Å². The highest BCUT2D eigenvalue weighted by Gasteiger charge is 2.16. The number of rotatable bonds is 3. The van der Waals surface area contributed by atoms with Gasteiger partial charge in [0, 0.05) is 12.5 Å². The normalized spacial score (nSPS) is 18.2. The number of hydrogen-bond donors (Lipinski definition) is 0. The molecule has 0 saturated heterocycles. The van der Waals surface area contributed by atoms with Gasteiger partial charge >= 0.3 is 5.97 Å². The van der Waals surface area contributed by atoms with Crippen molar-refractivity contribution in [3.05, 3.63) is 59.7 Å². The summed E-state index contributed by atoms with van der Waals surface area (Å²) in [6, 6.07) is 12.8. The maximum atomic E-state index is 11.3. The molecule has 1 aliphatic rings. The van der Waals surface area contributed by atoms with E-state index >= 15 is 0 Å². The van der Waals surface area contributed by atoms with Gasteiger partial charge in [-0.25, -0.2) is 4.79 Å². The van der Waals surface area contributed by atoms with Crippen molar-refractivity contribution < 1.29 is 9.53 Å². The van der Waals surface area contributed by atoms with Crippen LogP contribution in [-0.4, -0.2) is 12.1 Å². The minimum Gasteiger partial charge on any atom is -0.459 e. The Morgan fingerprint density at radius 2 is 2.05 bits per heavy atom. The number of esters is 1. The molecule has 0 aliphatic carbocycles. The van der Waals surface area contributed by atoms with E-state index in [2.05, 4.69) is 43.3 Å². The first-order valence-corrected chi connectivity index (χ1v) is 7.08. The van der Waals surface area contributed by atoms with Gasteiger partial charge in [0.25, 0.3) is 0 Å². The fourth-order valence-electron chi connectivity index (χ4n) is 2.83. The first-order valence-electron chi connectivity index (χ1n) is 7.08. The molecule has 0 amide bonds. The zero-order valence-corrected chi connectivity index (χ0v) is 11.6. The molecule has 0 saturated carbocycles. The van der Waals surface area contributed by atoms with Crippen molar-refractivity contribution in [3.63, 3.8) is 0 Å². The highest BCUT2D eigenvalue weighted by atomic mass is 16.5. The quantitative estimate of drug-likeness (QED) is 0.786. The largest absolute Gasteiger partial charge is 0.459 e. The molecular formula is C18H18O2. The van der Waals surface area contributed by atoms with Crippen molar-refractivity contribution >= 4 is 16.7 Å². The zero-order valence-electron chi connectivity index (χ0n) is 11.6. The molecule has 2 heteroatoms. The summed E-state index contributed by atoms with van der Waals surface area (Å²) >= 11 is 0. The fourth-order valence-corrected chi connectivity index (χ4v) is 2.83. The third-order valence-electron chi connectivity index (χ3n) is 3.93. The summed E-state index contributed by atoms with van der Waals surface area (Å²) < 4.78 is 5.33. The van der Waals surface area contributed by atoms with Crippen LogP contribution in [0, 0.1) is 6.92 Å². The molecule has 102 valence electrons. The van der Waals surface area contributed by atoms with E-state index in [4.69, 9.17) is 4.74 Å². The second-order valence-corrected chi connectivity index (χ2v) is 5.32. The summed E-state index contributed by atoms with van der Waals surface area (Å²) in [6.07, 6.45) is 6.09. The van der Waals surface area contributed by atoms with Crippen LogP contribution in [-0.2, 0) is 16.0 Å². The van der Waals surface area contributed by atoms with Gasteiger partial charge in [-0.1, -0.05) is 42.5 Å². The number of benzene rings is 2. The highest BCUT2D eigenvalue weighted by Crippen LogP contribution is 2.25. The lowest BCUT2D eigenvalue weighted by Gasteiger charge is -2.19. The van der Waals surface area contributed by atoms with E-state index in [-0.39, 0.29) is 12.1 Å². The Kier molecular flexibility index (Phi) is 3.55. The van der Waals surface area contributed by atoms with Crippen LogP contribution in [0.3, 0.4) is 0 Å².